The number of aliphatic hydroxyl groups is 3. The fraction of sp³-hybridized carbons (Fsp3) is 0.571. The van der Waals surface area contributed by atoms with Crippen molar-refractivity contribution in [2.75, 3.05) is 36.8 Å². The molecule has 45 heavy (non-hydrogen) atoms. The van der Waals surface area contributed by atoms with E-state index < -0.39 is 16.2 Å². The van der Waals surface area contributed by atoms with Crippen LogP contribution in [0.2, 0.25) is 0 Å². The van der Waals surface area contributed by atoms with Gasteiger partial charge in [-0.15, -0.1) is 0 Å². The second-order valence-corrected chi connectivity index (χ2v) is 13.6. The number of unbranched alkanes of at least 4 members (excludes halogenated alkanes) is 8. The number of nitrogens with zero attached hydrogens (tertiary/aromatic N) is 2. The molecule has 2 aliphatic carbocycles. The van der Waals surface area contributed by atoms with Gasteiger partial charge in [0.1, 0.15) is 36.5 Å². The van der Waals surface area contributed by atoms with Gasteiger partial charge in [0.15, 0.2) is 0 Å². The van der Waals surface area contributed by atoms with E-state index in [1.165, 1.54) is 57.4 Å². The molecule has 1 aromatic carbocycles. The first-order valence-corrected chi connectivity index (χ1v) is 18.2. The quantitative estimate of drug-likeness (QED) is 0.0626. The van der Waals surface area contributed by atoms with Crippen LogP contribution in [-0.2, 0) is 10.1 Å². The number of anilines is 1. The van der Waals surface area contributed by atoms with E-state index in [0.29, 0.717) is 24.4 Å². The molecule has 250 valence electrons. The first-order valence-electron chi connectivity index (χ1n) is 16.6. The lowest BCUT2D eigenvalue weighted by Gasteiger charge is -2.32. The molecule has 1 unspecified atom stereocenters. The highest BCUT2D eigenvalue weighted by atomic mass is 32.2. The Morgan fingerprint density at radius 3 is 1.96 bits per heavy atom. The van der Waals surface area contributed by atoms with Crippen molar-refractivity contribution in [3.8, 4) is 5.75 Å². The molecule has 9 nitrogen and oxygen atoms in total. The average molecular weight is 646 g/mol. The van der Waals surface area contributed by atoms with Gasteiger partial charge in [-0.3, -0.25) is 4.55 Å². The zero-order valence-electron chi connectivity index (χ0n) is 27.2. The first-order chi connectivity index (χ1) is 21.5. The van der Waals surface area contributed by atoms with Crippen molar-refractivity contribution >= 4 is 27.1 Å². The number of aromatic hydroxyl groups is 1. The molecule has 0 radical (unpaired) electrons. The average Bonchev–Trinajstić information content (AvgIpc) is 2.99. The third-order valence-electron chi connectivity index (χ3n) is 8.61. The fourth-order valence-corrected chi connectivity index (χ4v) is 6.49. The van der Waals surface area contributed by atoms with Gasteiger partial charge in [-0.1, -0.05) is 52.4 Å². The summed E-state index contributed by atoms with van der Waals surface area (Å²) in [7, 11) is -4.06. The van der Waals surface area contributed by atoms with E-state index in [4.69, 9.17) is 4.55 Å². The third-order valence-corrected chi connectivity index (χ3v) is 9.41. The summed E-state index contributed by atoms with van der Waals surface area (Å²) >= 11 is 0. The zero-order valence-corrected chi connectivity index (χ0v) is 28.0. The van der Waals surface area contributed by atoms with Crippen molar-refractivity contribution in [1.82, 2.24) is 0 Å². The molecule has 5 N–H and O–H groups in total. The van der Waals surface area contributed by atoms with Crippen LogP contribution < -0.4 is 4.90 Å². The second kappa shape index (κ2) is 17.6. The number of benzene rings is 1. The molecule has 0 aromatic heterocycles. The summed E-state index contributed by atoms with van der Waals surface area (Å²) in [6.45, 7) is 9.03. The highest BCUT2D eigenvalue weighted by molar-refractivity contribution is 7.85. The summed E-state index contributed by atoms with van der Waals surface area (Å²) in [5, 5.41) is 44.0. The molecule has 3 rings (SSSR count). The van der Waals surface area contributed by atoms with Crippen LogP contribution in [0.5, 0.6) is 5.75 Å². The van der Waals surface area contributed by atoms with Crippen LogP contribution in [0.25, 0.3) is 5.57 Å². The summed E-state index contributed by atoms with van der Waals surface area (Å²) in [5.41, 5.74) is 2.57. The summed E-state index contributed by atoms with van der Waals surface area (Å²) in [4.78, 5) is 1.86. The number of hydrogen-bond acceptors (Lipinski definition) is 7. The van der Waals surface area contributed by atoms with Crippen LogP contribution in [0.1, 0.15) is 97.0 Å². The molecule has 10 heteroatoms. The van der Waals surface area contributed by atoms with Gasteiger partial charge in [0.25, 0.3) is 10.1 Å². The molecule has 0 aliphatic heterocycles. The monoisotopic (exact) mass is 645 g/mol. The zero-order chi connectivity index (χ0) is 33.0. The minimum absolute atomic E-state index is 0.0165. The largest absolute Gasteiger partial charge is 0.507 e. The smallest absolute Gasteiger partial charge is 0.264 e. The second-order valence-electron chi connectivity index (χ2n) is 12.0. The first kappa shape index (κ1) is 36.4. The maximum atomic E-state index is 11.1. The molecule has 0 saturated heterocycles. The minimum atomic E-state index is -4.06. The van der Waals surface area contributed by atoms with Crippen molar-refractivity contribution in [2.24, 2.45) is 0 Å². The Labute approximate surface area is 269 Å². The van der Waals surface area contributed by atoms with Gasteiger partial charge in [0.05, 0.1) is 11.8 Å². The minimum Gasteiger partial charge on any atom is -0.507 e. The van der Waals surface area contributed by atoms with Gasteiger partial charge in [0, 0.05) is 66.0 Å². The molecule has 0 spiro atoms. The van der Waals surface area contributed by atoms with E-state index in [-0.39, 0.29) is 46.2 Å². The Kier molecular flexibility index (Phi) is 14.2. The summed E-state index contributed by atoms with van der Waals surface area (Å²) in [6, 6.07) is 4.83. The Morgan fingerprint density at radius 1 is 0.822 bits per heavy atom. The predicted octanol–water partition coefficient (Wildman–Crippen LogP) is 6.84. The van der Waals surface area contributed by atoms with Crippen molar-refractivity contribution in [2.45, 2.75) is 97.5 Å². The molecule has 1 atom stereocenters. The normalized spacial score (nSPS) is 18.3. The molecule has 0 heterocycles. The third kappa shape index (κ3) is 10.2. The van der Waals surface area contributed by atoms with E-state index in [2.05, 4.69) is 18.4 Å². The Bertz CT molecular complexity index is 1410. The lowest BCUT2D eigenvalue weighted by molar-refractivity contribution is -0.527. The number of allylic oxidation sites excluding steroid dienone is 3. The highest BCUT2D eigenvalue weighted by Crippen LogP contribution is 2.46. The van der Waals surface area contributed by atoms with E-state index in [0.717, 1.165) is 31.6 Å². The van der Waals surface area contributed by atoms with E-state index >= 15 is 0 Å². The molecule has 2 aliphatic rings. The topological polar surface area (TPSA) is 142 Å². The van der Waals surface area contributed by atoms with Crippen LogP contribution in [0, 0.1) is 0 Å². The van der Waals surface area contributed by atoms with Gasteiger partial charge in [-0.25, -0.2) is 4.58 Å². The molecular weight excluding hydrogens is 592 g/mol. The maximum Gasteiger partial charge on any atom is 0.264 e. The van der Waals surface area contributed by atoms with Crippen LogP contribution in [-0.4, -0.2) is 81.7 Å². The van der Waals surface area contributed by atoms with Crippen molar-refractivity contribution < 1.29 is 38.0 Å². The fourth-order valence-electron chi connectivity index (χ4n) is 6.00. The van der Waals surface area contributed by atoms with E-state index in [9.17, 15) is 28.8 Å². The Hall–Kier alpha value is -3.08. The van der Waals surface area contributed by atoms with Crippen LogP contribution in [0.3, 0.4) is 0 Å². The van der Waals surface area contributed by atoms with Crippen molar-refractivity contribution in [3.63, 3.8) is 0 Å². The molecule has 0 bridgehead atoms. The lowest BCUT2D eigenvalue weighted by atomic mass is 9.78. The maximum absolute atomic E-state index is 11.1. The van der Waals surface area contributed by atoms with Gasteiger partial charge < -0.3 is 25.3 Å². The number of hydrogen-bond donors (Lipinski definition) is 5. The lowest BCUT2D eigenvalue weighted by Crippen LogP contribution is -2.29. The van der Waals surface area contributed by atoms with Crippen molar-refractivity contribution in [1.29, 1.82) is 0 Å². The number of phenols is 1. The Morgan fingerprint density at radius 2 is 1.44 bits per heavy atom. The Balaban J connectivity index is 1.80. The van der Waals surface area contributed by atoms with Gasteiger partial charge >= 0.3 is 0 Å². The van der Waals surface area contributed by atoms with Crippen LogP contribution >= 0.6 is 0 Å². The van der Waals surface area contributed by atoms with Gasteiger partial charge in [-0.2, -0.15) is 8.42 Å². The van der Waals surface area contributed by atoms with Crippen LogP contribution in [0.15, 0.2) is 59.1 Å². The standard InChI is InChI=1S/C35H52N2O7S/c1-4-7-9-11-13-20-37(21-14-12-10-8-5-2)27-17-19-29(31(39)25-27)33-34(40)32(35(33)41)28-18-16-26(24-30(28)38)36(6-3)22-15-23-45(42,43)44/h16-19,24-25,34,40H,4-15,20-23H2,1-3H3,(H3,38,39,41,42,43,44)/p+1. The number of phenolic OH excluding ortho intramolecular Hbond substituents is 1. The number of aliphatic hydroxyl groups excluding tert-OH is 3. The molecular formula is C35H53N2O7S+. The molecule has 0 saturated carbocycles. The SMILES string of the molecule is CCCCCCC[N+](CCCCCCC)=C1C=CC(=C2C(O)=C(c3ccc(N(CC)CCCS(=O)(=O)O)cc3O)C2O)C(O)=C1. The van der Waals surface area contributed by atoms with E-state index in [1.54, 1.807) is 24.3 Å². The highest BCUT2D eigenvalue weighted by Gasteiger charge is 2.39. The van der Waals surface area contributed by atoms with Crippen LogP contribution in [0.4, 0.5) is 5.69 Å². The summed E-state index contributed by atoms with van der Waals surface area (Å²) in [5.74, 6) is -0.702. The van der Waals surface area contributed by atoms with Gasteiger partial charge in [0.2, 0.25) is 5.71 Å². The molecule has 1 aromatic rings. The molecule has 0 amide bonds. The summed E-state index contributed by atoms with van der Waals surface area (Å²) in [6.07, 6.45) is 16.3. The number of rotatable bonds is 19. The molecule has 0 fully saturated rings. The predicted molar refractivity (Wildman–Crippen MR) is 182 cm³/mol. The van der Waals surface area contributed by atoms with E-state index in [1.807, 2.05) is 17.9 Å². The van der Waals surface area contributed by atoms with Crippen molar-refractivity contribution in [3.05, 3.63) is 64.7 Å². The summed E-state index contributed by atoms with van der Waals surface area (Å²) < 4.78 is 33.5. The van der Waals surface area contributed by atoms with Gasteiger partial charge in [-0.05, 0) is 44.4 Å².